The van der Waals surface area contributed by atoms with Gasteiger partial charge >= 0.3 is 0 Å². The first-order valence-electron chi connectivity index (χ1n) is 6.48. The van der Waals surface area contributed by atoms with Gasteiger partial charge in [-0.2, -0.15) is 0 Å². The van der Waals surface area contributed by atoms with Crippen LogP contribution < -0.4 is 0 Å². The fraction of sp³-hybridized carbons (Fsp3) is 0.538. The first-order chi connectivity index (χ1) is 9.11. The molecule has 2 rings (SSSR count). The molecule has 6 heteroatoms. The molecule has 0 N–H and O–H groups in total. The maximum Gasteiger partial charge on any atom is 0.275 e. The van der Waals surface area contributed by atoms with Gasteiger partial charge in [-0.25, -0.2) is 0 Å². The van der Waals surface area contributed by atoms with Crippen LogP contribution in [0.15, 0.2) is 22.7 Å². The largest absolute Gasteiger partial charge is 0.301 e. The molecule has 1 heterocycles. The predicted octanol–water partition coefficient (Wildman–Crippen LogP) is 2.49. The molecule has 0 atom stereocenters. The van der Waals surface area contributed by atoms with Gasteiger partial charge < -0.3 is 4.90 Å². The van der Waals surface area contributed by atoms with Crippen molar-refractivity contribution in [3.05, 3.63) is 38.3 Å². The second-order valence-corrected chi connectivity index (χ2v) is 5.56. The number of nitro groups is 1. The lowest BCUT2D eigenvalue weighted by molar-refractivity contribution is -0.385. The number of rotatable bonds is 4. The Morgan fingerprint density at radius 2 is 1.89 bits per heavy atom. The Balaban J connectivity index is 2.09. The molecule has 1 aromatic rings. The van der Waals surface area contributed by atoms with Gasteiger partial charge in [0.05, 0.1) is 10.5 Å². The predicted molar refractivity (Wildman–Crippen MR) is 78.2 cm³/mol. The van der Waals surface area contributed by atoms with Crippen LogP contribution in [0.25, 0.3) is 0 Å². The van der Waals surface area contributed by atoms with Crippen molar-refractivity contribution in [1.82, 2.24) is 9.80 Å². The van der Waals surface area contributed by atoms with Gasteiger partial charge in [-0.05, 0) is 12.6 Å². The normalized spacial score (nSPS) is 17.6. The second-order valence-electron chi connectivity index (χ2n) is 4.71. The lowest BCUT2D eigenvalue weighted by Crippen LogP contribution is -2.45. The average Bonchev–Trinajstić information content (AvgIpc) is 2.41. The fourth-order valence-electron chi connectivity index (χ4n) is 2.36. The van der Waals surface area contributed by atoms with Crippen LogP contribution in [0.3, 0.4) is 0 Å². The Morgan fingerprint density at radius 1 is 1.26 bits per heavy atom. The van der Waals surface area contributed by atoms with E-state index in [-0.39, 0.29) is 10.6 Å². The third-order valence-corrected chi connectivity index (χ3v) is 4.33. The molecule has 1 saturated heterocycles. The molecule has 104 valence electrons. The molecule has 1 aliphatic rings. The van der Waals surface area contributed by atoms with E-state index in [9.17, 15) is 10.1 Å². The summed E-state index contributed by atoms with van der Waals surface area (Å²) in [5.41, 5.74) is 0.977. The molecule has 0 spiro atoms. The van der Waals surface area contributed by atoms with Gasteiger partial charge in [0.15, 0.2) is 0 Å². The summed E-state index contributed by atoms with van der Waals surface area (Å²) in [6.07, 6.45) is 0. The van der Waals surface area contributed by atoms with Crippen molar-refractivity contribution < 1.29 is 4.92 Å². The van der Waals surface area contributed by atoms with E-state index in [1.807, 2.05) is 6.07 Å². The topological polar surface area (TPSA) is 49.6 Å². The summed E-state index contributed by atoms with van der Waals surface area (Å²) in [5, 5.41) is 11.1. The molecule has 0 saturated carbocycles. The lowest BCUT2D eigenvalue weighted by atomic mass is 10.1. The van der Waals surface area contributed by atoms with Gasteiger partial charge in [-0.15, -0.1) is 0 Å². The fourth-order valence-corrected chi connectivity index (χ4v) is 2.84. The molecular weight excluding hydrogens is 310 g/mol. The number of hydrogen-bond donors (Lipinski definition) is 0. The number of halogens is 1. The Morgan fingerprint density at radius 3 is 2.47 bits per heavy atom. The molecule has 1 aliphatic heterocycles. The highest BCUT2D eigenvalue weighted by molar-refractivity contribution is 9.10. The molecule has 0 aromatic heterocycles. The zero-order valence-corrected chi connectivity index (χ0v) is 12.6. The van der Waals surface area contributed by atoms with Gasteiger partial charge in [0, 0.05) is 43.3 Å². The van der Waals surface area contributed by atoms with Crippen molar-refractivity contribution in [2.24, 2.45) is 0 Å². The van der Waals surface area contributed by atoms with Crippen molar-refractivity contribution in [3.8, 4) is 0 Å². The SMILES string of the molecule is CCN1CCN(Cc2c(Br)cccc2[N+](=O)[O-])CC1. The molecule has 0 bridgehead atoms. The van der Waals surface area contributed by atoms with E-state index in [1.165, 1.54) is 0 Å². The van der Waals surface area contributed by atoms with E-state index in [4.69, 9.17) is 0 Å². The van der Waals surface area contributed by atoms with Crippen molar-refractivity contribution in [2.45, 2.75) is 13.5 Å². The molecule has 1 aromatic carbocycles. The van der Waals surface area contributed by atoms with E-state index in [1.54, 1.807) is 12.1 Å². The Bertz CT molecular complexity index is 459. The summed E-state index contributed by atoms with van der Waals surface area (Å²) in [5.74, 6) is 0. The number of nitro benzene ring substituents is 1. The molecule has 0 aliphatic carbocycles. The highest BCUT2D eigenvalue weighted by Crippen LogP contribution is 2.28. The maximum absolute atomic E-state index is 11.1. The average molecular weight is 328 g/mol. The van der Waals surface area contributed by atoms with E-state index >= 15 is 0 Å². The van der Waals surface area contributed by atoms with Crippen molar-refractivity contribution in [1.29, 1.82) is 0 Å². The monoisotopic (exact) mass is 327 g/mol. The quantitative estimate of drug-likeness (QED) is 0.629. The molecule has 5 nitrogen and oxygen atoms in total. The van der Waals surface area contributed by atoms with Crippen LogP contribution in [0.4, 0.5) is 5.69 Å². The van der Waals surface area contributed by atoms with E-state index in [0.29, 0.717) is 6.54 Å². The molecule has 1 fully saturated rings. The van der Waals surface area contributed by atoms with Gasteiger partial charge in [0.1, 0.15) is 0 Å². The van der Waals surface area contributed by atoms with Crippen LogP contribution in [-0.2, 0) is 6.54 Å². The highest BCUT2D eigenvalue weighted by atomic mass is 79.9. The van der Waals surface area contributed by atoms with Crippen LogP contribution in [0, 0.1) is 10.1 Å². The summed E-state index contributed by atoms with van der Waals surface area (Å²) in [7, 11) is 0. The van der Waals surface area contributed by atoms with Crippen LogP contribution in [0.1, 0.15) is 12.5 Å². The Labute approximate surface area is 121 Å². The summed E-state index contributed by atoms with van der Waals surface area (Å²) in [4.78, 5) is 15.4. The standard InChI is InChI=1S/C13H18BrN3O2/c1-2-15-6-8-16(9-7-15)10-11-12(14)4-3-5-13(11)17(18)19/h3-5H,2,6-10H2,1H3. The van der Waals surface area contributed by atoms with Crippen molar-refractivity contribution in [2.75, 3.05) is 32.7 Å². The third-order valence-electron chi connectivity index (χ3n) is 3.58. The highest BCUT2D eigenvalue weighted by Gasteiger charge is 2.21. The summed E-state index contributed by atoms with van der Waals surface area (Å²) < 4.78 is 0.819. The molecule has 0 unspecified atom stereocenters. The van der Waals surface area contributed by atoms with Gasteiger partial charge in [0.25, 0.3) is 5.69 Å². The smallest absolute Gasteiger partial charge is 0.275 e. The lowest BCUT2D eigenvalue weighted by Gasteiger charge is -2.34. The molecule has 0 amide bonds. The van der Waals surface area contributed by atoms with Gasteiger partial charge in [-0.3, -0.25) is 15.0 Å². The molecular formula is C13H18BrN3O2. The molecule has 19 heavy (non-hydrogen) atoms. The van der Waals surface area contributed by atoms with E-state index < -0.39 is 0 Å². The van der Waals surface area contributed by atoms with Crippen LogP contribution >= 0.6 is 15.9 Å². The zero-order valence-electron chi connectivity index (χ0n) is 11.0. The number of piperazine rings is 1. The molecule has 0 radical (unpaired) electrons. The number of likely N-dealkylation sites (N-methyl/N-ethyl adjacent to an activating group) is 1. The van der Waals surface area contributed by atoms with E-state index in [2.05, 4.69) is 32.7 Å². The number of nitrogens with zero attached hydrogens (tertiary/aromatic N) is 3. The maximum atomic E-state index is 11.1. The van der Waals surface area contributed by atoms with Gasteiger partial charge in [-0.1, -0.05) is 28.9 Å². The number of benzene rings is 1. The Kier molecular flexibility index (Phi) is 4.90. The minimum atomic E-state index is -0.303. The van der Waals surface area contributed by atoms with Crippen LogP contribution in [0.2, 0.25) is 0 Å². The minimum absolute atomic E-state index is 0.201. The third kappa shape index (κ3) is 3.52. The van der Waals surface area contributed by atoms with Crippen molar-refractivity contribution in [3.63, 3.8) is 0 Å². The number of hydrogen-bond acceptors (Lipinski definition) is 4. The first kappa shape index (κ1) is 14.4. The summed E-state index contributed by atoms with van der Waals surface area (Å²) >= 11 is 3.43. The van der Waals surface area contributed by atoms with Gasteiger partial charge in [0.2, 0.25) is 0 Å². The van der Waals surface area contributed by atoms with E-state index in [0.717, 1.165) is 42.8 Å². The van der Waals surface area contributed by atoms with Crippen molar-refractivity contribution >= 4 is 21.6 Å². The van der Waals surface area contributed by atoms with Crippen LogP contribution in [0.5, 0.6) is 0 Å². The summed E-state index contributed by atoms with van der Waals surface area (Å²) in [6, 6.07) is 5.15. The van der Waals surface area contributed by atoms with Crippen LogP contribution in [-0.4, -0.2) is 47.4 Å². The Hall–Kier alpha value is -0.980. The minimum Gasteiger partial charge on any atom is -0.301 e. The first-order valence-corrected chi connectivity index (χ1v) is 7.27. The zero-order chi connectivity index (χ0) is 13.8. The summed E-state index contributed by atoms with van der Waals surface area (Å²) in [6.45, 7) is 7.87. The second kappa shape index (κ2) is 6.45.